The van der Waals surface area contributed by atoms with Crippen LogP contribution in [0.25, 0.3) is 0 Å². The van der Waals surface area contributed by atoms with Gasteiger partial charge in [0.25, 0.3) is 0 Å². The molecule has 7 heteroatoms. The van der Waals surface area contributed by atoms with Crippen LogP contribution in [0.3, 0.4) is 0 Å². The number of ether oxygens (including phenoxy) is 1. The first kappa shape index (κ1) is 18.0. The highest BCUT2D eigenvalue weighted by atomic mass is 31.2. The van der Waals surface area contributed by atoms with Crippen LogP contribution in [0, 0.1) is 0 Å². The molecule has 0 fully saturated rings. The van der Waals surface area contributed by atoms with Crippen molar-refractivity contribution in [3.63, 3.8) is 0 Å². The molecule has 0 aliphatic rings. The molecule has 0 aromatic carbocycles. The minimum absolute atomic E-state index is 0.0798. The first-order chi connectivity index (χ1) is 8.43. The summed E-state index contributed by atoms with van der Waals surface area (Å²) in [6.45, 7) is 5.10. The lowest BCUT2D eigenvalue weighted by atomic mass is 10.4. The molecule has 0 aliphatic carbocycles. The Morgan fingerprint density at radius 3 is 2.06 bits per heavy atom. The van der Waals surface area contributed by atoms with Crippen molar-refractivity contribution in [1.29, 1.82) is 0 Å². The van der Waals surface area contributed by atoms with Crippen LogP contribution in [0.4, 0.5) is 8.78 Å². The number of halogens is 2. The summed E-state index contributed by atoms with van der Waals surface area (Å²) in [5.41, 5.74) is -3.51. The van der Waals surface area contributed by atoms with E-state index in [1.807, 2.05) is 6.92 Å². The third kappa shape index (κ3) is 5.74. The summed E-state index contributed by atoms with van der Waals surface area (Å²) in [6.07, 6.45) is 1.10. The Balaban J connectivity index is 4.32. The van der Waals surface area contributed by atoms with Gasteiger partial charge in [-0.3, -0.25) is 4.57 Å². The number of alkyl halides is 2. The molecule has 110 valence electrons. The van der Waals surface area contributed by atoms with E-state index in [2.05, 4.69) is 9.05 Å². The molecule has 4 nitrogen and oxygen atoms in total. The van der Waals surface area contributed by atoms with Gasteiger partial charge in [-0.25, -0.2) is 0 Å². The first-order valence-electron chi connectivity index (χ1n) is 6.28. The first-order valence-corrected chi connectivity index (χ1v) is 7.82. The Morgan fingerprint density at radius 2 is 1.61 bits per heavy atom. The SMILES string of the molecule is CCCCOCCC(F)(F)P(=O)(OCC)OCC. The van der Waals surface area contributed by atoms with Crippen LogP contribution in [-0.2, 0) is 18.3 Å². The molecule has 0 amide bonds. The Hall–Kier alpha value is -0.0300. The summed E-state index contributed by atoms with van der Waals surface area (Å²) >= 11 is 0. The van der Waals surface area contributed by atoms with Gasteiger partial charge in [0.15, 0.2) is 0 Å². The summed E-state index contributed by atoms with van der Waals surface area (Å²) in [5, 5.41) is 0. The third-order valence-electron chi connectivity index (χ3n) is 2.19. The molecule has 0 spiro atoms. The van der Waals surface area contributed by atoms with Gasteiger partial charge in [0.2, 0.25) is 0 Å². The molecular weight excluding hydrogens is 265 g/mol. The third-order valence-corrected chi connectivity index (χ3v) is 4.41. The molecule has 0 aliphatic heterocycles. The van der Waals surface area contributed by atoms with E-state index in [-0.39, 0.29) is 19.8 Å². The summed E-state index contributed by atoms with van der Waals surface area (Å²) < 4.78 is 53.8. The molecule has 0 aromatic heterocycles. The Labute approximate surface area is 108 Å². The summed E-state index contributed by atoms with van der Waals surface area (Å²) in [4.78, 5) is 0. The van der Waals surface area contributed by atoms with Gasteiger partial charge >= 0.3 is 13.3 Å². The molecule has 0 saturated heterocycles. The second-order valence-corrected chi connectivity index (χ2v) is 5.88. The maximum absolute atomic E-state index is 13.8. The van der Waals surface area contributed by atoms with E-state index in [9.17, 15) is 13.3 Å². The summed E-state index contributed by atoms with van der Waals surface area (Å²) in [7, 11) is -4.39. The monoisotopic (exact) mass is 288 g/mol. The lowest BCUT2D eigenvalue weighted by Gasteiger charge is -2.25. The highest BCUT2D eigenvalue weighted by molar-refractivity contribution is 7.55. The second kappa shape index (κ2) is 8.97. The highest BCUT2D eigenvalue weighted by Gasteiger charge is 2.52. The molecule has 0 N–H and O–H groups in total. The van der Waals surface area contributed by atoms with Crippen molar-refractivity contribution < 1.29 is 27.1 Å². The molecule has 0 unspecified atom stereocenters. The van der Waals surface area contributed by atoms with E-state index in [4.69, 9.17) is 4.74 Å². The lowest BCUT2D eigenvalue weighted by molar-refractivity contribution is 0.00302. The van der Waals surface area contributed by atoms with Crippen LogP contribution in [-0.4, -0.2) is 32.1 Å². The van der Waals surface area contributed by atoms with Crippen molar-refractivity contribution in [3.05, 3.63) is 0 Å². The van der Waals surface area contributed by atoms with Gasteiger partial charge in [-0.2, -0.15) is 8.78 Å². The zero-order valence-corrected chi connectivity index (χ0v) is 12.2. The molecule has 0 saturated carbocycles. The van der Waals surface area contributed by atoms with Gasteiger partial charge < -0.3 is 13.8 Å². The summed E-state index contributed by atoms with van der Waals surface area (Å²) in [6, 6.07) is 0. The van der Waals surface area contributed by atoms with Crippen molar-refractivity contribution in [3.8, 4) is 0 Å². The van der Waals surface area contributed by atoms with Crippen LogP contribution in [0.1, 0.15) is 40.0 Å². The van der Waals surface area contributed by atoms with Gasteiger partial charge in [0.05, 0.1) is 19.8 Å². The topological polar surface area (TPSA) is 44.8 Å². The van der Waals surface area contributed by atoms with Gasteiger partial charge in [-0.1, -0.05) is 13.3 Å². The molecule has 0 bridgehead atoms. The molecule has 0 aromatic rings. The Morgan fingerprint density at radius 1 is 1.06 bits per heavy atom. The number of rotatable bonds is 11. The van der Waals surface area contributed by atoms with Crippen molar-refractivity contribution >= 4 is 7.60 Å². The van der Waals surface area contributed by atoms with Crippen LogP contribution < -0.4 is 0 Å². The van der Waals surface area contributed by atoms with E-state index >= 15 is 0 Å². The molecule has 0 heterocycles. The number of hydrogen-bond acceptors (Lipinski definition) is 4. The second-order valence-electron chi connectivity index (χ2n) is 3.71. The largest absolute Gasteiger partial charge is 0.399 e. The predicted molar refractivity (Wildman–Crippen MR) is 66.1 cm³/mol. The van der Waals surface area contributed by atoms with E-state index < -0.39 is 19.7 Å². The standard InChI is InChI=1S/C11H23F2O4P/c1-4-7-9-15-10-8-11(12,13)18(14,16-5-2)17-6-3/h4-10H2,1-3H3. The number of unbranched alkanes of at least 4 members (excludes halogenated alkanes) is 1. The molecule has 0 radical (unpaired) electrons. The normalized spacial score (nSPS) is 12.9. The minimum Gasteiger partial charge on any atom is -0.381 e. The van der Waals surface area contributed by atoms with Crippen LogP contribution in [0.2, 0.25) is 0 Å². The quantitative estimate of drug-likeness (QED) is 0.425. The molecule has 0 atom stereocenters. The minimum atomic E-state index is -4.39. The lowest BCUT2D eigenvalue weighted by Crippen LogP contribution is -2.22. The maximum atomic E-state index is 13.8. The number of hydrogen-bond donors (Lipinski definition) is 0. The maximum Gasteiger partial charge on any atom is 0.399 e. The highest BCUT2D eigenvalue weighted by Crippen LogP contribution is 2.63. The summed E-state index contributed by atoms with van der Waals surface area (Å²) in [5.74, 6) is 0. The fourth-order valence-corrected chi connectivity index (χ4v) is 2.74. The average Bonchev–Trinajstić information content (AvgIpc) is 2.29. The van der Waals surface area contributed by atoms with Crippen LogP contribution in [0.5, 0.6) is 0 Å². The van der Waals surface area contributed by atoms with Crippen molar-refractivity contribution in [2.45, 2.75) is 45.7 Å². The van der Waals surface area contributed by atoms with Crippen LogP contribution >= 0.6 is 7.60 Å². The van der Waals surface area contributed by atoms with E-state index in [1.165, 1.54) is 13.8 Å². The van der Waals surface area contributed by atoms with Crippen LogP contribution in [0.15, 0.2) is 0 Å². The Kier molecular flexibility index (Phi) is 8.95. The molecular formula is C11H23F2O4P. The van der Waals surface area contributed by atoms with Crippen molar-refractivity contribution in [1.82, 2.24) is 0 Å². The van der Waals surface area contributed by atoms with Crippen molar-refractivity contribution in [2.24, 2.45) is 0 Å². The fraction of sp³-hybridized carbons (Fsp3) is 1.00. The predicted octanol–water partition coefficient (Wildman–Crippen LogP) is 4.05. The molecule has 0 rings (SSSR count). The van der Waals surface area contributed by atoms with E-state index in [0.29, 0.717) is 6.61 Å². The molecule has 18 heavy (non-hydrogen) atoms. The van der Waals surface area contributed by atoms with Gasteiger partial charge in [0.1, 0.15) is 0 Å². The van der Waals surface area contributed by atoms with Gasteiger partial charge in [-0.15, -0.1) is 0 Å². The zero-order chi connectivity index (χ0) is 14.1. The zero-order valence-electron chi connectivity index (χ0n) is 11.3. The van der Waals surface area contributed by atoms with E-state index in [0.717, 1.165) is 12.8 Å². The Bertz CT molecular complexity index is 251. The van der Waals surface area contributed by atoms with Gasteiger partial charge in [-0.05, 0) is 20.3 Å². The smallest absolute Gasteiger partial charge is 0.381 e. The van der Waals surface area contributed by atoms with Gasteiger partial charge in [0, 0.05) is 13.0 Å². The average molecular weight is 288 g/mol. The van der Waals surface area contributed by atoms with Crippen molar-refractivity contribution in [2.75, 3.05) is 26.4 Å². The van der Waals surface area contributed by atoms with E-state index in [1.54, 1.807) is 0 Å². The fourth-order valence-electron chi connectivity index (χ4n) is 1.25.